The van der Waals surface area contributed by atoms with E-state index in [4.69, 9.17) is 16.0 Å². The van der Waals surface area contributed by atoms with E-state index in [9.17, 15) is 4.79 Å². The van der Waals surface area contributed by atoms with Gasteiger partial charge in [-0.1, -0.05) is 23.7 Å². The van der Waals surface area contributed by atoms with Crippen molar-refractivity contribution in [1.82, 2.24) is 24.9 Å². The summed E-state index contributed by atoms with van der Waals surface area (Å²) in [6.07, 6.45) is 1.53. The summed E-state index contributed by atoms with van der Waals surface area (Å²) in [6.45, 7) is 1.83. The fraction of sp³-hybridized carbons (Fsp3) is 0.0500. The Hall–Kier alpha value is -3.58. The summed E-state index contributed by atoms with van der Waals surface area (Å²) < 4.78 is 5.90. The predicted octanol–water partition coefficient (Wildman–Crippen LogP) is 4.15. The highest BCUT2D eigenvalue weighted by molar-refractivity contribution is 6.29. The number of fused-ring (bicyclic) bond motifs is 2. The van der Waals surface area contributed by atoms with Gasteiger partial charge in [0, 0.05) is 23.5 Å². The molecule has 0 saturated carbocycles. The van der Waals surface area contributed by atoms with Crippen LogP contribution in [0.3, 0.4) is 0 Å². The van der Waals surface area contributed by atoms with Gasteiger partial charge in [-0.05, 0) is 31.2 Å². The SMILES string of the molecule is Cc1cc(-c2nc3c(=O)cc[nH]c3nc2-c2nc3ccccc3o2)cc(Cl)n1. The molecule has 8 heteroatoms. The minimum Gasteiger partial charge on any atom is -0.435 e. The molecule has 1 N–H and O–H groups in total. The maximum absolute atomic E-state index is 12.3. The molecule has 0 aliphatic carbocycles. The molecule has 28 heavy (non-hydrogen) atoms. The van der Waals surface area contributed by atoms with E-state index in [1.54, 1.807) is 6.07 Å². The molecule has 7 nitrogen and oxygen atoms in total. The van der Waals surface area contributed by atoms with Gasteiger partial charge in [0.15, 0.2) is 22.4 Å². The van der Waals surface area contributed by atoms with Crippen LogP contribution in [-0.2, 0) is 0 Å². The van der Waals surface area contributed by atoms with Gasteiger partial charge in [0.1, 0.15) is 16.4 Å². The standard InChI is InChI=1S/C20H12ClN5O2/c1-10-8-11(9-15(21)23-10)16-18(20-24-12-4-2-3-5-14(12)28-20)26-19-17(25-16)13(27)6-7-22-19/h2-9H,1H3,(H,22,26,27). The molecule has 4 aromatic heterocycles. The van der Waals surface area contributed by atoms with Crippen molar-refractivity contribution in [3.63, 3.8) is 0 Å². The first-order valence-electron chi connectivity index (χ1n) is 8.48. The topological polar surface area (TPSA) is 97.6 Å². The van der Waals surface area contributed by atoms with Crippen molar-refractivity contribution in [1.29, 1.82) is 0 Å². The van der Waals surface area contributed by atoms with Gasteiger partial charge in [-0.15, -0.1) is 0 Å². The zero-order valence-electron chi connectivity index (χ0n) is 14.6. The Labute approximate surface area is 163 Å². The number of nitrogens with one attached hydrogen (secondary N) is 1. The summed E-state index contributed by atoms with van der Waals surface area (Å²) in [5, 5.41) is 0.322. The van der Waals surface area contributed by atoms with Crippen molar-refractivity contribution in [2.24, 2.45) is 0 Å². The number of aryl methyl sites for hydroxylation is 1. The largest absolute Gasteiger partial charge is 0.435 e. The molecule has 0 aliphatic heterocycles. The van der Waals surface area contributed by atoms with Crippen molar-refractivity contribution in [2.75, 3.05) is 0 Å². The highest BCUT2D eigenvalue weighted by atomic mass is 35.5. The lowest BCUT2D eigenvalue weighted by atomic mass is 10.1. The number of pyridine rings is 2. The third-order valence-corrected chi connectivity index (χ3v) is 4.47. The van der Waals surface area contributed by atoms with Gasteiger partial charge in [0.25, 0.3) is 0 Å². The van der Waals surface area contributed by atoms with E-state index in [-0.39, 0.29) is 10.9 Å². The first-order chi connectivity index (χ1) is 13.6. The molecule has 0 atom stereocenters. The van der Waals surface area contributed by atoms with Crippen LogP contribution in [0.4, 0.5) is 0 Å². The quantitative estimate of drug-likeness (QED) is 0.455. The van der Waals surface area contributed by atoms with Crippen molar-refractivity contribution in [3.05, 3.63) is 69.7 Å². The third-order valence-electron chi connectivity index (χ3n) is 4.28. The van der Waals surface area contributed by atoms with Gasteiger partial charge in [-0.3, -0.25) is 4.79 Å². The minimum atomic E-state index is -0.233. The van der Waals surface area contributed by atoms with Crippen LogP contribution in [0.1, 0.15) is 5.69 Å². The lowest BCUT2D eigenvalue weighted by Crippen LogP contribution is -2.07. The van der Waals surface area contributed by atoms with E-state index in [0.29, 0.717) is 44.7 Å². The number of nitrogens with zero attached hydrogens (tertiary/aromatic N) is 4. The first-order valence-corrected chi connectivity index (χ1v) is 8.86. The summed E-state index contributed by atoms with van der Waals surface area (Å²) in [4.78, 5) is 33.1. The third kappa shape index (κ3) is 2.73. The Morgan fingerprint density at radius 1 is 1.00 bits per heavy atom. The molecule has 0 bridgehead atoms. The average Bonchev–Trinajstić information content (AvgIpc) is 3.11. The van der Waals surface area contributed by atoms with Crippen LogP contribution in [0.5, 0.6) is 0 Å². The molecule has 5 rings (SSSR count). The highest BCUT2D eigenvalue weighted by Crippen LogP contribution is 2.32. The molecule has 0 unspecified atom stereocenters. The van der Waals surface area contributed by atoms with E-state index in [1.165, 1.54) is 12.3 Å². The Kier molecular flexibility index (Phi) is 3.70. The number of aromatic nitrogens is 5. The predicted molar refractivity (Wildman–Crippen MR) is 106 cm³/mol. The number of hydrogen-bond donors (Lipinski definition) is 1. The van der Waals surface area contributed by atoms with Gasteiger partial charge in [-0.25, -0.2) is 19.9 Å². The molecule has 0 radical (unpaired) electrons. The zero-order valence-corrected chi connectivity index (χ0v) is 15.4. The molecule has 0 aliphatic rings. The Balaban J connectivity index is 1.87. The molecule has 0 spiro atoms. The van der Waals surface area contributed by atoms with Crippen LogP contribution in [0.25, 0.3) is 45.1 Å². The van der Waals surface area contributed by atoms with Crippen LogP contribution in [0.15, 0.2) is 57.9 Å². The monoisotopic (exact) mass is 389 g/mol. The number of oxazole rings is 1. The number of aromatic amines is 1. The van der Waals surface area contributed by atoms with Crippen LogP contribution in [0, 0.1) is 6.92 Å². The average molecular weight is 390 g/mol. The fourth-order valence-electron chi connectivity index (χ4n) is 3.07. The lowest BCUT2D eigenvalue weighted by Gasteiger charge is -2.08. The molecular formula is C20H12ClN5O2. The molecule has 4 heterocycles. The Bertz CT molecular complexity index is 1370. The van der Waals surface area contributed by atoms with Crippen molar-refractivity contribution in [3.8, 4) is 22.8 Å². The maximum atomic E-state index is 12.3. The summed E-state index contributed by atoms with van der Waals surface area (Å²) in [6, 6.07) is 12.3. The van der Waals surface area contributed by atoms with E-state index in [1.807, 2.05) is 37.3 Å². The van der Waals surface area contributed by atoms with Crippen LogP contribution in [0.2, 0.25) is 5.15 Å². The van der Waals surface area contributed by atoms with E-state index in [2.05, 4.69) is 24.9 Å². The van der Waals surface area contributed by atoms with Gasteiger partial charge >= 0.3 is 0 Å². The molecule has 136 valence electrons. The summed E-state index contributed by atoms with van der Waals surface area (Å²) in [7, 11) is 0. The number of benzene rings is 1. The summed E-state index contributed by atoms with van der Waals surface area (Å²) in [5.74, 6) is 0.306. The van der Waals surface area contributed by atoms with Gasteiger partial charge < -0.3 is 9.40 Å². The van der Waals surface area contributed by atoms with E-state index >= 15 is 0 Å². The molecule has 1 aromatic carbocycles. The van der Waals surface area contributed by atoms with Crippen molar-refractivity contribution >= 4 is 33.9 Å². The Morgan fingerprint density at radius 2 is 1.86 bits per heavy atom. The molecule has 0 saturated heterocycles. The molecular weight excluding hydrogens is 378 g/mol. The molecule has 0 amide bonds. The van der Waals surface area contributed by atoms with Crippen LogP contribution in [-0.4, -0.2) is 24.9 Å². The molecule has 5 aromatic rings. The maximum Gasteiger partial charge on any atom is 0.248 e. The fourth-order valence-corrected chi connectivity index (χ4v) is 3.32. The second-order valence-electron chi connectivity index (χ2n) is 6.27. The number of halogens is 1. The number of H-pyrrole nitrogens is 1. The lowest BCUT2D eigenvalue weighted by molar-refractivity contribution is 0.617. The van der Waals surface area contributed by atoms with Crippen molar-refractivity contribution in [2.45, 2.75) is 6.92 Å². The normalized spacial score (nSPS) is 11.4. The Morgan fingerprint density at radius 3 is 2.68 bits per heavy atom. The minimum absolute atomic E-state index is 0.225. The zero-order chi connectivity index (χ0) is 19.3. The summed E-state index contributed by atoms with van der Waals surface area (Å²) in [5.41, 5.74) is 3.93. The smallest absolute Gasteiger partial charge is 0.248 e. The van der Waals surface area contributed by atoms with Crippen molar-refractivity contribution < 1.29 is 4.42 Å². The number of para-hydroxylation sites is 2. The van der Waals surface area contributed by atoms with Gasteiger partial charge in [0.2, 0.25) is 11.3 Å². The van der Waals surface area contributed by atoms with Crippen LogP contribution >= 0.6 is 11.6 Å². The van der Waals surface area contributed by atoms with Gasteiger partial charge in [-0.2, -0.15) is 0 Å². The van der Waals surface area contributed by atoms with E-state index < -0.39 is 0 Å². The second-order valence-corrected chi connectivity index (χ2v) is 6.65. The highest BCUT2D eigenvalue weighted by Gasteiger charge is 2.20. The second kappa shape index (κ2) is 6.24. The van der Waals surface area contributed by atoms with E-state index in [0.717, 1.165) is 5.69 Å². The van der Waals surface area contributed by atoms with Gasteiger partial charge in [0.05, 0.1) is 0 Å². The molecule has 0 fully saturated rings. The number of rotatable bonds is 2. The first kappa shape index (κ1) is 16.6. The summed E-state index contributed by atoms with van der Waals surface area (Å²) >= 11 is 6.15. The number of hydrogen-bond acceptors (Lipinski definition) is 6. The van der Waals surface area contributed by atoms with Crippen LogP contribution < -0.4 is 5.43 Å².